The van der Waals surface area contributed by atoms with Crippen LogP contribution in [0.2, 0.25) is 5.02 Å². The third-order valence-electron chi connectivity index (χ3n) is 2.97. The van der Waals surface area contributed by atoms with Gasteiger partial charge in [0.1, 0.15) is 0 Å². The Morgan fingerprint density at radius 2 is 2.27 bits per heavy atom. The number of amides is 1. The molecule has 1 N–H and O–H groups in total. The van der Waals surface area contributed by atoms with Gasteiger partial charge in [-0.25, -0.2) is 0 Å². The first kappa shape index (κ1) is 16.0. The number of aryl methyl sites for hydroxylation is 2. The fourth-order valence-electron chi connectivity index (χ4n) is 1.87. The largest absolute Gasteiger partial charge is 0.390 e. The number of rotatable bonds is 7. The second-order valence-corrected chi connectivity index (χ2v) is 5.08. The van der Waals surface area contributed by atoms with E-state index in [-0.39, 0.29) is 18.1 Å². The minimum atomic E-state index is -0.557. The standard InChI is InChI=1S/C12H15ClN6O3/c1-9-6-11(19(21)22)16-18(9)4-2-12(20)14-3-5-17-8-10(13)7-15-17/h6-8H,2-5H2,1H3,(H,14,20). The molecule has 0 atom stereocenters. The van der Waals surface area contributed by atoms with Crippen LogP contribution in [0.4, 0.5) is 5.82 Å². The highest BCUT2D eigenvalue weighted by Crippen LogP contribution is 2.11. The van der Waals surface area contributed by atoms with Crippen molar-refractivity contribution in [2.75, 3.05) is 6.54 Å². The fourth-order valence-corrected chi connectivity index (χ4v) is 2.03. The molecule has 2 heterocycles. The molecule has 0 aliphatic carbocycles. The molecule has 0 saturated carbocycles. The summed E-state index contributed by atoms with van der Waals surface area (Å²) < 4.78 is 3.08. The fraction of sp³-hybridized carbons (Fsp3) is 0.417. The lowest BCUT2D eigenvalue weighted by Crippen LogP contribution is -2.28. The number of hydrogen-bond donors (Lipinski definition) is 1. The molecule has 2 rings (SSSR count). The number of nitrogens with one attached hydrogen (secondary N) is 1. The average molecular weight is 327 g/mol. The first-order valence-corrected chi connectivity index (χ1v) is 6.97. The SMILES string of the molecule is Cc1cc([N+](=O)[O-])nn1CCC(=O)NCCn1cc(Cl)cn1. The van der Waals surface area contributed by atoms with Crippen LogP contribution in [0.25, 0.3) is 0 Å². The van der Waals surface area contributed by atoms with Gasteiger partial charge in [-0.15, -0.1) is 0 Å². The van der Waals surface area contributed by atoms with Crippen molar-refractivity contribution in [1.82, 2.24) is 24.9 Å². The smallest absolute Gasteiger partial charge is 0.358 e. The van der Waals surface area contributed by atoms with Crippen molar-refractivity contribution < 1.29 is 9.72 Å². The topological polar surface area (TPSA) is 108 Å². The normalized spacial score (nSPS) is 10.6. The van der Waals surface area contributed by atoms with Crippen molar-refractivity contribution in [3.05, 3.63) is 39.3 Å². The second-order valence-electron chi connectivity index (χ2n) is 4.65. The van der Waals surface area contributed by atoms with Gasteiger partial charge >= 0.3 is 5.82 Å². The molecule has 0 aliphatic heterocycles. The van der Waals surface area contributed by atoms with Gasteiger partial charge in [-0.3, -0.25) is 9.48 Å². The van der Waals surface area contributed by atoms with E-state index in [2.05, 4.69) is 15.5 Å². The van der Waals surface area contributed by atoms with Crippen molar-refractivity contribution in [2.45, 2.75) is 26.4 Å². The Kier molecular flexibility index (Phi) is 5.10. The van der Waals surface area contributed by atoms with Crippen LogP contribution in [-0.2, 0) is 17.9 Å². The summed E-state index contributed by atoms with van der Waals surface area (Å²) in [5.41, 5.74) is 0.644. The summed E-state index contributed by atoms with van der Waals surface area (Å²) in [6.45, 7) is 2.94. The maximum atomic E-state index is 11.7. The predicted octanol–water partition coefficient (Wildman–Crippen LogP) is 1.16. The Balaban J connectivity index is 1.74. The van der Waals surface area contributed by atoms with Crippen LogP contribution >= 0.6 is 11.6 Å². The van der Waals surface area contributed by atoms with Crippen LogP contribution in [0.5, 0.6) is 0 Å². The summed E-state index contributed by atoms with van der Waals surface area (Å²) >= 11 is 5.73. The summed E-state index contributed by atoms with van der Waals surface area (Å²) in [7, 11) is 0. The summed E-state index contributed by atoms with van der Waals surface area (Å²) in [4.78, 5) is 21.8. The summed E-state index contributed by atoms with van der Waals surface area (Å²) in [5, 5.41) is 21.7. The van der Waals surface area contributed by atoms with Crippen molar-refractivity contribution in [1.29, 1.82) is 0 Å². The number of aromatic nitrogens is 4. The highest BCUT2D eigenvalue weighted by Gasteiger charge is 2.15. The predicted molar refractivity (Wildman–Crippen MR) is 78.5 cm³/mol. The van der Waals surface area contributed by atoms with Crippen LogP contribution in [0.1, 0.15) is 12.1 Å². The lowest BCUT2D eigenvalue weighted by Gasteiger charge is -2.05. The molecule has 0 bridgehead atoms. The van der Waals surface area contributed by atoms with Gasteiger partial charge in [-0.1, -0.05) is 11.6 Å². The third kappa shape index (κ3) is 4.29. The Morgan fingerprint density at radius 3 is 2.86 bits per heavy atom. The third-order valence-corrected chi connectivity index (χ3v) is 3.17. The minimum Gasteiger partial charge on any atom is -0.358 e. The highest BCUT2D eigenvalue weighted by atomic mass is 35.5. The van der Waals surface area contributed by atoms with Crippen molar-refractivity contribution in [3.63, 3.8) is 0 Å². The van der Waals surface area contributed by atoms with Gasteiger partial charge in [-0.2, -0.15) is 9.78 Å². The van der Waals surface area contributed by atoms with Crippen molar-refractivity contribution in [3.8, 4) is 0 Å². The molecule has 0 aliphatic rings. The number of carbonyl (C=O) groups is 1. The van der Waals surface area contributed by atoms with E-state index in [9.17, 15) is 14.9 Å². The van der Waals surface area contributed by atoms with E-state index in [0.717, 1.165) is 0 Å². The summed E-state index contributed by atoms with van der Waals surface area (Å²) in [6, 6.07) is 1.37. The lowest BCUT2D eigenvalue weighted by atomic mass is 10.3. The zero-order valence-corrected chi connectivity index (χ0v) is 12.7. The number of nitro groups is 1. The number of nitrogens with zero attached hydrogens (tertiary/aromatic N) is 5. The van der Waals surface area contributed by atoms with Gasteiger partial charge in [-0.05, 0) is 11.8 Å². The molecular formula is C12H15ClN6O3. The van der Waals surface area contributed by atoms with Crippen LogP contribution in [0, 0.1) is 17.0 Å². The van der Waals surface area contributed by atoms with Crippen LogP contribution in [0.15, 0.2) is 18.5 Å². The lowest BCUT2D eigenvalue weighted by molar-refractivity contribution is -0.389. The van der Waals surface area contributed by atoms with E-state index < -0.39 is 4.92 Å². The van der Waals surface area contributed by atoms with Crippen LogP contribution in [-0.4, -0.2) is 36.9 Å². The molecule has 0 spiro atoms. The zero-order valence-electron chi connectivity index (χ0n) is 11.9. The number of carbonyl (C=O) groups excluding carboxylic acids is 1. The Morgan fingerprint density at radius 1 is 1.50 bits per heavy atom. The van der Waals surface area contributed by atoms with E-state index >= 15 is 0 Å². The Hall–Kier alpha value is -2.42. The maximum Gasteiger partial charge on any atom is 0.390 e. The van der Waals surface area contributed by atoms with Gasteiger partial charge in [0.15, 0.2) is 0 Å². The molecule has 2 aromatic heterocycles. The van der Waals surface area contributed by atoms with Gasteiger partial charge < -0.3 is 15.4 Å². The molecule has 22 heavy (non-hydrogen) atoms. The highest BCUT2D eigenvalue weighted by molar-refractivity contribution is 6.30. The van der Waals surface area contributed by atoms with Gasteiger partial charge in [0.25, 0.3) is 0 Å². The average Bonchev–Trinajstić information content (AvgIpc) is 3.03. The summed E-state index contributed by atoms with van der Waals surface area (Å²) in [5.74, 6) is -0.371. The quantitative estimate of drug-likeness (QED) is 0.606. The zero-order chi connectivity index (χ0) is 16.1. The molecule has 0 fully saturated rings. The minimum absolute atomic E-state index is 0.157. The van der Waals surface area contributed by atoms with Crippen LogP contribution < -0.4 is 5.32 Å². The first-order chi connectivity index (χ1) is 10.5. The van der Waals surface area contributed by atoms with Crippen LogP contribution in [0.3, 0.4) is 0 Å². The van der Waals surface area contributed by atoms with E-state index in [4.69, 9.17) is 11.6 Å². The molecule has 10 heteroatoms. The molecule has 0 aromatic carbocycles. The van der Waals surface area contributed by atoms with Gasteiger partial charge in [0.2, 0.25) is 5.91 Å². The van der Waals surface area contributed by atoms with E-state index in [1.54, 1.807) is 17.8 Å². The molecule has 0 radical (unpaired) electrons. The van der Waals surface area contributed by atoms with Crippen molar-refractivity contribution in [2.24, 2.45) is 0 Å². The molecule has 0 saturated heterocycles. The van der Waals surface area contributed by atoms with Gasteiger partial charge in [0.05, 0.1) is 41.2 Å². The summed E-state index contributed by atoms with van der Waals surface area (Å²) in [6.07, 6.45) is 3.39. The molecule has 2 aromatic rings. The first-order valence-electron chi connectivity index (χ1n) is 6.59. The molecule has 9 nitrogen and oxygen atoms in total. The number of halogens is 1. The Bertz CT molecular complexity index is 680. The Labute approximate surface area is 131 Å². The van der Waals surface area contributed by atoms with Gasteiger partial charge in [0, 0.05) is 19.2 Å². The van der Waals surface area contributed by atoms with E-state index in [1.807, 2.05) is 0 Å². The monoisotopic (exact) mass is 326 g/mol. The molecule has 0 unspecified atom stereocenters. The molecule has 1 amide bonds. The van der Waals surface area contributed by atoms with E-state index in [0.29, 0.717) is 30.4 Å². The number of hydrogen-bond acceptors (Lipinski definition) is 5. The van der Waals surface area contributed by atoms with Crippen molar-refractivity contribution >= 4 is 23.3 Å². The molecule has 118 valence electrons. The maximum absolute atomic E-state index is 11.7. The molecular weight excluding hydrogens is 312 g/mol. The van der Waals surface area contributed by atoms with E-state index in [1.165, 1.54) is 16.9 Å². The second kappa shape index (κ2) is 7.03.